The summed E-state index contributed by atoms with van der Waals surface area (Å²) in [5.41, 5.74) is 18.1. The number of rotatable bonds is 6. The molecule has 2 aliphatic carbocycles. The van der Waals surface area contributed by atoms with Crippen molar-refractivity contribution in [1.29, 1.82) is 0 Å². The zero-order chi connectivity index (χ0) is 43.3. The molecule has 306 valence electrons. The van der Waals surface area contributed by atoms with Gasteiger partial charge < -0.3 is 4.90 Å². The van der Waals surface area contributed by atoms with E-state index >= 15 is 0 Å². The Kier molecular flexibility index (Phi) is 8.24. The normalized spacial score (nSPS) is 13.9. The lowest BCUT2D eigenvalue weighted by atomic mass is 9.68. The molecule has 1 nitrogen and oxygen atoms in total. The summed E-state index contributed by atoms with van der Waals surface area (Å²) in [6, 6.07) is 88.4. The second-order valence-corrected chi connectivity index (χ2v) is 18.3. The Hall–Kier alpha value is -8.00. The topological polar surface area (TPSA) is 3.24 Å². The molecule has 0 amide bonds. The van der Waals surface area contributed by atoms with Gasteiger partial charge in [-0.3, -0.25) is 0 Å². The van der Waals surface area contributed by atoms with E-state index in [0.29, 0.717) is 0 Å². The van der Waals surface area contributed by atoms with E-state index in [0.717, 1.165) is 11.4 Å². The van der Waals surface area contributed by atoms with Crippen molar-refractivity contribution < 1.29 is 0 Å². The molecule has 0 atom stereocenters. The molecule has 0 spiro atoms. The van der Waals surface area contributed by atoms with Crippen LogP contribution in [-0.4, -0.2) is 0 Å². The second-order valence-electron chi connectivity index (χ2n) is 18.3. The maximum atomic E-state index is 2.59. The molecule has 13 rings (SSSR count). The average molecular weight is 828 g/mol. The van der Waals surface area contributed by atoms with E-state index in [9.17, 15) is 0 Å². The number of benzene rings is 11. The first-order valence-corrected chi connectivity index (χ1v) is 22.8. The van der Waals surface area contributed by atoms with Crippen LogP contribution in [0.5, 0.6) is 0 Å². The van der Waals surface area contributed by atoms with Gasteiger partial charge in [-0.2, -0.15) is 0 Å². The van der Waals surface area contributed by atoms with Crippen molar-refractivity contribution in [2.75, 3.05) is 4.90 Å². The third-order valence-corrected chi connectivity index (χ3v) is 14.7. The largest absolute Gasteiger partial charge is 0.309 e. The molecule has 0 saturated carbocycles. The summed E-state index contributed by atoms with van der Waals surface area (Å²) in [6.07, 6.45) is 0. The van der Waals surface area contributed by atoms with Gasteiger partial charge in [-0.15, -0.1) is 0 Å². The van der Waals surface area contributed by atoms with Gasteiger partial charge in [0.1, 0.15) is 0 Å². The standard InChI is InChI=1S/C64H45N/c1-63(2)55-32-17-15-30-52(55)61-59(41-44-21-10-12-27-49(44)62(61)63)65(47-38-36-42(37-39-47)54-40-43-20-9-11-26-48(43)50-28-13-14-29-51(50)54)58-35-19-34-57-60(58)53-31-16-18-33-56(53)64(57,45-22-5-3-6-23-45)46-24-7-4-8-25-46/h3-41H,1-2H3. The van der Waals surface area contributed by atoms with Gasteiger partial charge in [-0.05, 0) is 118 Å². The fourth-order valence-corrected chi connectivity index (χ4v) is 12.0. The minimum atomic E-state index is -0.531. The second kappa shape index (κ2) is 14.3. The summed E-state index contributed by atoms with van der Waals surface area (Å²) in [7, 11) is 0. The van der Waals surface area contributed by atoms with Crippen molar-refractivity contribution in [3.8, 4) is 33.4 Å². The van der Waals surface area contributed by atoms with Crippen LogP contribution in [-0.2, 0) is 10.8 Å². The summed E-state index contributed by atoms with van der Waals surface area (Å²) >= 11 is 0. The van der Waals surface area contributed by atoms with E-state index in [2.05, 4.69) is 255 Å². The Labute approximate surface area is 380 Å². The summed E-state index contributed by atoms with van der Waals surface area (Å²) in [4.78, 5) is 2.59. The zero-order valence-corrected chi connectivity index (χ0v) is 36.5. The van der Waals surface area contributed by atoms with Gasteiger partial charge in [0, 0.05) is 22.2 Å². The Morgan fingerprint density at radius 1 is 0.338 bits per heavy atom. The van der Waals surface area contributed by atoms with E-state index in [-0.39, 0.29) is 5.41 Å². The molecule has 65 heavy (non-hydrogen) atoms. The smallest absolute Gasteiger partial charge is 0.0714 e. The van der Waals surface area contributed by atoms with Gasteiger partial charge in [0.25, 0.3) is 0 Å². The van der Waals surface area contributed by atoms with Crippen molar-refractivity contribution in [2.45, 2.75) is 24.7 Å². The Morgan fingerprint density at radius 3 is 1.55 bits per heavy atom. The molecule has 0 radical (unpaired) electrons. The molecule has 11 aromatic carbocycles. The van der Waals surface area contributed by atoms with E-state index < -0.39 is 5.41 Å². The molecule has 0 aromatic heterocycles. The van der Waals surface area contributed by atoms with Gasteiger partial charge in [0.05, 0.1) is 16.8 Å². The molecule has 0 saturated heterocycles. The molecule has 0 N–H and O–H groups in total. The highest BCUT2D eigenvalue weighted by Gasteiger charge is 2.48. The van der Waals surface area contributed by atoms with Crippen LogP contribution in [0.3, 0.4) is 0 Å². The molecular weight excluding hydrogens is 783 g/mol. The maximum absolute atomic E-state index is 2.59. The lowest BCUT2D eigenvalue weighted by Crippen LogP contribution is -2.28. The number of hydrogen-bond acceptors (Lipinski definition) is 1. The molecular formula is C64H45N. The van der Waals surface area contributed by atoms with Gasteiger partial charge in [-0.1, -0.05) is 220 Å². The minimum Gasteiger partial charge on any atom is -0.309 e. The first kappa shape index (κ1) is 37.5. The molecule has 0 aliphatic heterocycles. The van der Waals surface area contributed by atoms with Crippen LogP contribution in [0.15, 0.2) is 237 Å². The summed E-state index contributed by atoms with van der Waals surface area (Å²) in [5, 5.41) is 7.61. The number of anilines is 3. The fourth-order valence-electron chi connectivity index (χ4n) is 12.0. The Morgan fingerprint density at radius 2 is 0.862 bits per heavy atom. The Bertz CT molecular complexity index is 3630. The third-order valence-electron chi connectivity index (χ3n) is 14.7. The first-order valence-electron chi connectivity index (χ1n) is 22.8. The predicted molar refractivity (Wildman–Crippen MR) is 274 cm³/mol. The van der Waals surface area contributed by atoms with Crippen LogP contribution < -0.4 is 4.90 Å². The molecule has 0 unspecified atom stereocenters. The minimum absolute atomic E-state index is 0.213. The van der Waals surface area contributed by atoms with E-state index in [1.165, 1.54) is 105 Å². The number of hydrogen-bond donors (Lipinski definition) is 0. The van der Waals surface area contributed by atoms with Crippen molar-refractivity contribution in [1.82, 2.24) is 0 Å². The van der Waals surface area contributed by atoms with Crippen LogP contribution >= 0.6 is 0 Å². The lowest BCUT2D eigenvalue weighted by molar-refractivity contribution is 0.666. The highest BCUT2D eigenvalue weighted by molar-refractivity contribution is 6.14. The van der Waals surface area contributed by atoms with Crippen molar-refractivity contribution >= 4 is 49.4 Å². The van der Waals surface area contributed by atoms with E-state index in [4.69, 9.17) is 0 Å². The monoisotopic (exact) mass is 827 g/mol. The predicted octanol–water partition coefficient (Wildman–Crippen LogP) is 17.0. The molecule has 0 heterocycles. The fraction of sp³-hybridized carbons (Fsp3) is 0.0625. The van der Waals surface area contributed by atoms with Gasteiger partial charge >= 0.3 is 0 Å². The highest BCUT2D eigenvalue weighted by Crippen LogP contribution is 2.62. The van der Waals surface area contributed by atoms with Crippen molar-refractivity contribution in [3.05, 3.63) is 270 Å². The molecule has 2 aliphatic rings. The van der Waals surface area contributed by atoms with Gasteiger partial charge in [-0.25, -0.2) is 0 Å². The zero-order valence-electron chi connectivity index (χ0n) is 36.5. The van der Waals surface area contributed by atoms with E-state index in [1.807, 2.05) is 0 Å². The summed E-state index contributed by atoms with van der Waals surface area (Å²) in [6.45, 7) is 4.82. The third kappa shape index (κ3) is 5.33. The van der Waals surface area contributed by atoms with Crippen LogP contribution in [0.1, 0.15) is 47.2 Å². The summed E-state index contributed by atoms with van der Waals surface area (Å²) in [5.74, 6) is 0. The SMILES string of the molecule is CC1(C)c2ccccc2-c2c(N(c3ccc(-c4cc5ccccc5c5ccccc45)cc3)c3cccc4c3-c3ccccc3C4(c3ccccc3)c3ccccc3)cc3ccccc3c21. The molecule has 0 bridgehead atoms. The molecule has 11 aromatic rings. The van der Waals surface area contributed by atoms with Crippen LogP contribution in [0.25, 0.3) is 65.7 Å². The quantitative estimate of drug-likeness (QED) is 0.151. The highest BCUT2D eigenvalue weighted by atomic mass is 15.1. The van der Waals surface area contributed by atoms with Gasteiger partial charge in [0.2, 0.25) is 0 Å². The Balaban J connectivity index is 1.13. The lowest BCUT2D eigenvalue weighted by Gasteiger charge is -2.35. The summed E-state index contributed by atoms with van der Waals surface area (Å²) < 4.78 is 0. The van der Waals surface area contributed by atoms with Crippen molar-refractivity contribution in [2.24, 2.45) is 0 Å². The van der Waals surface area contributed by atoms with Crippen LogP contribution in [0.2, 0.25) is 0 Å². The molecule has 1 heteroatoms. The number of fused-ring (bicyclic) bond motifs is 11. The van der Waals surface area contributed by atoms with Crippen LogP contribution in [0.4, 0.5) is 17.1 Å². The number of nitrogens with zero attached hydrogens (tertiary/aromatic N) is 1. The van der Waals surface area contributed by atoms with Crippen LogP contribution in [0, 0.1) is 0 Å². The molecule has 0 fully saturated rings. The van der Waals surface area contributed by atoms with Crippen molar-refractivity contribution in [3.63, 3.8) is 0 Å². The maximum Gasteiger partial charge on any atom is 0.0714 e. The average Bonchev–Trinajstić information content (AvgIpc) is 3.81. The first-order chi connectivity index (χ1) is 32.0. The van der Waals surface area contributed by atoms with E-state index in [1.54, 1.807) is 0 Å². The van der Waals surface area contributed by atoms with Gasteiger partial charge in [0.15, 0.2) is 0 Å².